The van der Waals surface area contributed by atoms with Crippen LogP contribution >= 0.6 is 11.6 Å². The standard InChI is InChI=1S/C21H28ClN3O3/c1-21(2)8-3-4-14(12-21)19(27)23-20(28)16-10-13(5-6-17(16)22)18-11-15(7-9-26)24-25-18/h5-6,10-11,14,19,26-27H,3-4,7-9,12H2,1-2H3,(H,23,28)(H,24,25). The third-order valence-electron chi connectivity index (χ3n) is 5.49. The fourth-order valence-electron chi connectivity index (χ4n) is 3.97. The van der Waals surface area contributed by atoms with E-state index in [0.717, 1.165) is 36.9 Å². The SMILES string of the molecule is CC1(C)CCCC(C(O)NC(=O)c2cc(-c3cc(CCO)[nH]n3)ccc2Cl)C1. The minimum Gasteiger partial charge on any atom is -0.396 e. The number of rotatable bonds is 6. The smallest absolute Gasteiger partial charge is 0.254 e. The van der Waals surface area contributed by atoms with Crippen LogP contribution in [0.2, 0.25) is 5.02 Å². The topological polar surface area (TPSA) is 98.2 Å². The van der Waals surface area contributed by atoms with Crippen molar-refractivity contribution >= 4 is 17.5 Å². The van der Waals surface area contributed by atoms with E-state index >= 15 is 0 Å². The molecular formula is C21H28ClN3O3. The van der Waals surface area contributed by atoms with Crippen LogP contribution in [0.4, 0.5) is 0 Å². The lowest BCUT2D eigenvalue weighted by molar-refractivity contribution is 0.0232. The molecular weight excluding hydrogens is 378 g/mol. The number of hydrogen-bond donors (Lipinski definition) is 4. The number of aliphatic hydroxyl groups excluding tert-OH is 2. The average molecular weight is 406 g/mol. The van der Waals surface area contributed by atoms with Gasteiger partial charge in [0.25, 0.3) is 5.91 Å². The summed E-state index contributed by atoms with van der Waals surface area (Å²) in [5.74, 6) is -0.351. The third kappa shape index (κ3) is 4.93. The molecule has 1 aromatic carbocycles. The number of halogens is 1. The van der Waals surface area contributed by atoms with Gasteiger partial charge in [0.15, 0.2) is 0 Å². The highest BCUT2D eigenvalue weighted by Gasteiger charge is 2.32. The molecule has 1 amide bonds. The maximum atomic E-state index is 12.8. The number of nitrogens with zero attached hydrogens (tertiary/aromatic N) is 1. The molecule has 1 saturated carbocycles. The zero-order valence-corrected chi connectivity index (χ0v) is 17.1. The van der Waals surface area contributed by atoms with Crippen LogP contribution in [0.25, 0.3) is 11.3 Å². The fourth-order valence-corrected chi connectivity index (χ4v) is 4.18. The average Bonchev–Trinajstić information content (AvgIpc) is 3.10. The van der Waals surface area contributed by atoms with Crippen LogP contribution in [-0.4, -0.2) is 39.2 Å². The summed E-state index contributed by atoms with van der Waals surface area (Å²) in [7, 11) is 0. The van der Waals surface area contributed by atoms with Crippen molar-refractivity contribution in [2.75, 3.05) is 6.61 Å². The molecule has 1 aromatic heterocycles. The van der Waals surface area contributed by atoms with E-state index in [1.165, 1.54) is 0 Å². The van der Waals surface area contributed by atoms with Crippen molar-refractivity contribution in [1.82, 2.24) is 15.5 Å². The molecule has 2 aromatic rings. The number of aromatic amines is 1. The number of aromatic nitrogens is 2. The lowest BCUT2D eigenvalue weighted by Gasteiger charge is -2.37. The normalized spacial score (nSPS) is 20.0. The maximum absolute atomic E-state index is 12.8. The summed E-state index contributed by atoms with van der Waals surface area (Å²) in [6, 6.07) is 6.95. The van der Waals surface area contributed by atoms with E-state index in [-0.39, 0.29) is 17.9 Å². The molecule has 2 unspecified atom stereocenters. The Morgan fingerprint density at radius 3 is 2.93 bits per heavy atom. The predicted octanol–water partition coefficient (Wildman–Crippen LogP) is 3.53. The molecule has 3 rings (SSSR count). The Labute approximate surface area is 170 Å². The van der Waals surface area contributed by atoms with E-state index in [4.69, 9.17) is 16.7 Å². The molecule has 0 spiro atoms. The van der Waals surface area contributed by atoms with E-state index < -0.39 is 12.1 Å². The van der Waals surface area contributed by atoms with Crippen molar-refractivity contribution < 1.29 is 15.0 Å². The van der Waals surface area contributed by atoms with Crippen LogP contribution in [0.3, 0.4) is 0 Å². The Balaban J connectivity index is 1.74. The second kappa shape index (κ2) is 8.64. The second-order valence-electron chi connectivity index (χ2n) is 8.39. The quantitative estimate of drug-likeness (QED) is 0.552. The van der Waals surface area contributed by atoms with Crippen molar-refractivity contribution in [2.24, 2.45) is 11.3 Å². The van der Waals surface area contributed by atoms with Crippen LogP contribution in [0.5, 0.6) is 0 Å². The Morgan fingerprint density at radius 2 is 2.21 bits per heavy atom. The van der Waals surface area contributed by atoms with Crippen LogP contribution in [0.1, 0.15) is 55.6 Å². The number of aliphatic hydroxyl groups is 2. The zero-order chi connectivity index (χ0) is 20.3. The number of carbonyl (C=O) groups excluding carboxylic acids is 1. The minimum absolute atomic E-state index is 0.0335. The number of benzene rings is 1. The Hall–Kier alpha value is -1.89. The Morgan fingerprint density at radius 1 is 1.43 bits per heavy atom. The van der Waals surface area contributed by atoms with Gasteiger partial charge < -0.3 is 15.5 Å². The summed E-state index contributed by atoms with van der Waals surface area (Å²) in [6.45, 7) is 4.43. The first-order valence-corrected chi connectivity index (χ1v) is 10.1. The van der Waals surface area contributed by atoms with Crippen molar-refractivity contribution in [3.63, 3.8) is 0 Å². The van der Waals surface area contributed by atoms with Crippen molar-refractivity contribution in [2.45, 2.75) is 52.2 Å². The van der Waals surface area contributed by atoms with Gasteiger partial charge in [-0.15, -0.1) is 0 Å². The van der Waals surface area contributed by atoms with E-state index in [1.807, 2.05) is 6.07 Å². The molecule has 1 heterocycles. The van der Waals surface area contributed by atoms with Crippen molar-refractivity contribution in [3.05, 3.63) is 40.5 Å². The van der Waals surface area contributed by atoms with Gasteiger partial charge >= 0.3 is 0 Å². The summed E-state index contributed by atoms with van der Waals surface area (Å²) < 4.78 is 0. The highest BCUT2D eigenvalue weighted by atomic mass is 35.5. The van der Waals surface area contributed by atoms with Crippen molar-refractivity contribution in [3.8, 4) is 11.3 Å². The number of carbonyl (C=O) groups is 1. The van der Waals surface area contributed by atoms with Crippen LogP contribution in [0, 0.1) is 11.3 Å². The first-order chi connectivity index (χ1) is 13.3. The van der Waals surface area contributed by atoms with Gasteiger partial charge in [0.1, 0.15) is 6.23 Å². The molecule has 0 aliphatic heterocycles. The second-order valence-corrected chi connectivity index (χ2v) is 8.79. The molecule has 28 heavy (non-hydrogen) atoms. The third-order valence-corrected chi connectivity index (χ3v) is 5.82. The molecule has 152 valence electrons. The summed E-state index contributed by atoms with van der Waals surface area (Å²) in [6.07, 6.45) is 3.56. The summed E-state index contributed by atoms with van der Waals surface area (Å²) in [4.78, 5) is 12.8. The van der Waals surface area contributed by atoms with Crippen molar-refractivity contribution in [1.29, 1.82) is 0 Å². The Kier molecular flexibility index (Phi) is 6.43. The van der Waals surface area contributed by atoms with Gasteiger partial charge in [-0.05, 0) is 42.9 Å². The summed E-state index contributed by atoms with van der Waals surface area (Å²) in [5, 5.41) is 29.7. The fraction of sp³-hybridized carbons (Fsp3) is 0.524. The highest BCUT2D eigenvalue weighted by Crippen LogP contribution is 2.39. The van der Waals surface area contributed by atoms with Crippen LogP contribution in [0.15, 0.2) is 24.3 Å². The molecule has 2 atom stereocenters. The summed E-state index contributed by atoms with van der Waals surface area (Å²) >= 11 is 6.24. The van der Waals surface area contributed by atoms with E-state index in [2.05, 4.69) is 29.4 Å². The lowest BCUT2D eigenvalue weighted by Crippen LogP contribution is -2.43. The van der Waals surface area contributed by atoms with Gasteiger partial charge in [-0.25, -0.2) is 0 Å². The minimum atomic E-state index is -0.895. The van der Waals surface area contributed by atoms with E-state index in [9.17, 15) is 9.90 Å². The predicted molar refractivity (Wildman–Crippen MR) is 109 cm³/mol. The maximum Gasteiger partial charge on any atom is 0.254 e. The van der Waals surface area contributed by atoms with Crippen LogP contribution in [-0.2, 0) is 6.42 Å². The highest BCUT2D eigenvalue weighted by molar-refractivity contribution is 6.34. The van der Waals surface area contributed by atoms with E-state index in [0.29, 0.717) is 22.7 Å². The molecule has 6 nitrogen and oxygen atoms in total. The molecule has 0 radical (unpaired) electrons. The first kappa shape index (κ1) is 20.8. The van der Waals surface area contributed by atoms with Gasteiger partial charge in [0.2, 0.25) is 0 Å². The van der Waals surface area contributed by atoms with Crippen LogP contribution < -0.4 is 5.32 Å². The largest absolute Gasteiger partial charge is 0.396 e. The van der Waals surface area contributed by atoms with Gasteiger partial charge in [0.05, 0.1) is 16.3 Å². The molecule has 1 aliphatic carbocycles. The lowest BCUT2D eigenvalue weighted by atomic mass is 9.71. The number of H-pyrrole nitrogens is 1. The molecule has 1 fully saturated rings. The van der Waals surface area contributed by atoms with E-state index in [1.54, 1.807) is 18.2 Å². The van der Waals surface area contributed by atoms with Gasteiger partial charge in [-0.3, -0.25) is 9.89 Å². The zero-order valence-electron chi connectivity index (χ0n) is 16.3. The molecule has 7 heteroatoms. The summed E-state index contributed by atoms with van der Waals surface area (Å²) in [5.41, 5.74) is 2.71. The number of nitrogens with one attached hydrogen (secondary N) is 2. The number of amides is 1. The Bertz CT molecular complexity index is 834. The monoisotopic (exact) mass is 405 g/mol. The molecule has 4 N–H and O–H groups in total. The van der Waals surface area contributed by atoms with Gasteiger partial charge in [0, 0.05) is 30.2 Å². The van der Waals surface area contributed by atoms with Gasteiger partial charge in [-0.1, -0.05) is 37.9 Å². The molecule has 1 aliphatic rings. The molecule has 0 saturated heterocycles. The first-order valence-electron chi connectivity index (χ1n) is 9.73. The number of hydrogen-bond acceptors (Lipinski definition) is 4. The van der Waals surface area contributed by atoms with Gasteiger partial charge in [-0.2, -0.15) is 5.10 Å². The molecule has 0 bridgehead atoms.